The number of benzene rings is 1. The van der Waals surface area contributed by atoms with Crippen LogP contribution in [0.15, 0.2) is 53.8 Å². The summed E-state index contributed by atoms with van der Waals surface area (Å²) in [6, 6.07) is 12.4. The molecule has 0 radical (unpaired) electrons. The second kappa shape index (κ2) is 7.71. The molecule has 0 unspecified atom stereocenters. The van der Waals surface area contributed by atoms with Gasteiger partial charge in [-0.2, -0.15) is 18.3 Å². The van der Waals surface area contributed by atoms with Gasteiger partial charge in [-0.3, -0.25) is 5.43 Å². The van der Waals surface area contributed by atoms with Gasteiger partial charge in [0.15, 0.2) is 0 Å². The largest absolute Gasteiger partial charge is 0.417 e. The molecule has 0 aliphatic heterocycles. The fourth-order valence-corrected chi connectivity index (χ4v) is 3.06. The molecule has 0 bridgehead atoms. The number of aryl methyl sites for hydroxylation is 1. The number of pyridine rings is 1. The van der Waals surface area contributed by atoms with Gasteiger partial charge in [-0.15, -0.1) is 0 Å². The van der Waals surface area contributed by atoms with Crippen molar-refractivity contribution in [3.63, 3.8) is 0 Å². The lowest BCUT2D eigenvalue weighted by atomic mass is 10.2. The number of hydrogen-bond acceptors (Lipinski definition) is 3. The molecule has 3 rings (SSSR count). The van der Waals surface area contributed by atoms with Crippen molar-refractivity contribution >= 4 is 34.6 Å². The van der Waals surface area contributed by atoms with Crippen LogP contribution in [-0.2, 0) is 6.18 Å². The first-order chi connectivity index (χ1) is 12.8. The van der Waals surface area contributed by atoms with Gasteiger partial charge in [0.1, 0.15) is 5.82 Å². The van der Waals surface area contributed by atoms with Crippen LogP contribution in [0.25, 0.3) is 5.69 Å². The van der Waals surface area contributed by atoms with Crippen molar-refractivity contribution in [1.82, 2.24) is 9.55 Å². The summed E-state index contributed by atoms with van der Waals surface area (Å²) >= 11 is 2.26. The average Bonchev–Trinajstić information content (AvgIpc) is 2.89. The quantitative estimate of drug-likeness (QED) is 0.300. The maximum atomic E-state index is 12.5. The molecular weight excluding hydrogens is 468 g/mol. The number of hydrogen-bond donors (Lipinski definition) is 1. The summed E-state index contributed by atoms with van der Waals surface area (Å²) in [5.74, 6) is 0.241. The van der Waals surface area contributed by atoms with Crippen molar-refractivity contribution < 1.29 is 13.2 Å². The van der Waals surface area contributed by atoms with Crippen molar-refractivity contribution in [1.29, 1.82) is 0 Å². The number of rotatable bonds is 4. The molecule has 0 aliphatic carbocycles. The molecule has 1 aromatic carbocycles. The molecular formula is C19H16F3IN4. The van der Waals surface area contributed by atoms with E-state index in [-0.39, 0.29) is 5.82 Å². The van der Waals surface area contributed by atoms with E-state index in [0.717, 1.165) is 38.5 Å². The first-order valence-electron chi connectivity index (χ1n) is 8.03. The van der Waals surface area contributed by atoms with Crippen molar-refractivity contribution in [3.8, 4) is 5.69 Å². The summed E-state index contributed by atoms with van der Waals surface area (Å²) in [5, 5.41) is 4.09. The zero-order valence-corrected chi connectivity index (χ0v) is 16.7. The number of anilines is 1. The van der Waals surface area contributed by atoms with Crippen LogP contribution in [0, 0.1) is 17.4 Å². The van der Waals surface area contributed by atoms with Gasteiger partial charge in [-0.05, 0) is 78.9 Å². The molecule has 1 N–H and O–H groups in total. The Labute approximate surface area is 168 Å². The zero-order valence-electron chi connectivity index (χ0n) is 14.5. The summed E-state index contributed by atoms with van der Waals surface area (Å²) in [4.78, 5) is 3.73. The summed E-state index contributed by atoms with van der Waals surface area (Å²) < 4.78 is 40.9. The molecule has 0 fully saturated rings. The van der Waals surface area contributed by atoms with Crippen LogP contribution in [0.2, 0.25) is 0 Å². The highest BCUT2D eigenvalue weighted by Gasteiger charge is 2.30. The predicted molar refractivity (Wildman–Crippen MR) is 108 cm³/mol. The standard InChI is InChI=1S/C19H16F3IN4/c1-12-9-14(13(2)27(12)17-6-4-16(23)5-7-17)10-25-26-18-8-3-15(11-24-18)19(20,21)22/h3-11H,1-2H3,(H,24,26)/b25-10-. The van der Waals surface area contributed by atoms with Crippen LogP contribution in [0.4, 0.5) is 19.0 Å². The Hall–Kier alpha value is -2.36. The summed E-state index contributed by atoms with van der Waals surface area (Å²) in [7, 11) is 0. The lowest BCUT2D eigenvalue weighted by molar-refractivity contribution is -0.137. The van der Waals surface area contributed by atoms with Crippen LogP contribution in [0.5, 0.6) is 0 Å². The zero-order chi connectivity index (χ0) is 19.6. The van der Waals surface area contributed by atoms with E-state index in [1.165, 1.54) is 6.07 Å². The third kappa shape index (κ3) is 4.49. The second-order valence-electron chi connectivity index (χ2n) is 5.94. The molecule has 0 amide bonds. The van der Waals surface area contributed by atoms with Crippen LogP contribution in [0.1, 0.15) is 22.5 Å². The Kier molecular flexibility index (Phi) is 5.54. The van der Waals surface area contributed by atoms with Crippen molar-refractivity contribution in [2.45, 2.75) is 20.0 Å². The predicted octanol–water partition coefficient (Wildman–Crippen LogP) is 5.56. The number of nitrogens with one attached hydrogen (secondary N) is 1. The minimum Gasteiger partial charge on any atom is -0.318 e. The van der Waals surface area contributed by atoms with Crippen molar-refractivity contribution in [3.05, 3.63) is 74.7 Å². The first-order valence-corrected chi connectivity index (χ1v) is 9.11. The molecule has 2 aromatic heterocycles. The molecule has 0 saturated heterocycles. The van der Waals surface area contributed by atoms with E-state index in [4.69, 9.17) is 0 Å². The molecule has 0 atom stereocenters. The van der Waals surface area contributed by atoms with Crippen LogP contribution < -0.4 is 5.43 Å². The van der Waals surface area contributed by atoms with E-state index in [0.29, 0.717) is 0 Å². The Morgan fingerprint density at radius 2 is 1.81 bits per heavy atom. The lowest BCUT2D eigenvalue weighted by Gasteiger charge is -2.09. The molecule has 4 nitrogen and oxygen atoms in total. The van der Waals surface area contributed by atoms with Gasteiger partial charge in [0.05, 0.1) is 11.8 Å². The monoisotopic (exact) mass is 484 g/mol. The van der Waals surface area contributed by atoms with Gasteiger partial charge in [0.2, 0.25) is 0 Å². The summed E-state index contributed by atoms with van der Waals surface area (Å²) in [5.41, 5.74) is 5.90. The Morgan fingerprint density at radius 3 is 2.41 bits per heavy atom. The highest BCUT2D eigenvalue weighted by atomic mass is 127. The number of halogens is 4. The third-order valence-electron chi connectivity index (χ3n) is 4.03. The molecule has 3 aromatic rings. The molecule has 8 heteroatoms. The van der Waals surface area contributed by atoms with Crippen LogP contribution in [-0.4, -0.2) is 15.8 Å². The molecule has 140 valence electrons. The number of hydrazone groups is 1. The number of alkyl halides is 3. The maximum Gasteiger partial charge on any atom is 0.417 e. The average molecular weight is 484 g/mol. The molecule has 0 saturated carbocycles. The topological polar surface area (TPSA) is 42.2 Å². The highest BCUT2D eigenvalue weighted by Crippen LogP contribution is 2.28. The molecule has 0 spiro atoms. The Balaban J connectivity index is 1.76. The third-order valence-corrected chi connectivity index (χ3v) is 4.75. The Morgan fingerprint density at radius 1 is 1.11 bits per heavy atom. The molecule has 27 heavy (non-hydrogen) atoms. The highest BCUT2D eigenvalue weighted by molar-refractivity contribution is 14.1. The van der Waals surface area contributed by atoms with E-state index < -0.39 is 11.7 Å². The van der Waals surface area contributed by atoms with Crippen molar-refractivity contribution in [2.75, 3.05) is 5.43 Å². The van der Waals surface area contributed by atoms with Gasteiger partial charge in [-0.25, -0.2) is 4.98 Å². The van der Waals surface area contributed by atoms with Gasteiger partial charge in [-0.1, -0.05) is 0 Å². The van der Waals surface area contributed by atoms with E-state index in [1.54, 1.807) is 6.21 Å². The van der Waals surface area contributed by atoms with Gasteiger partial charge < -0.3 is 4.57 Å². The van der Waals surface area contributed by atoms with E-state index >= 15 is 0 Å². The summed E-state index contributed by atoms with van der Waals surface area (Å²) in [6.07, 6.45) is -1.99. The maximum absolute atomic E-state index is 12.5. The van der Waals surface area contributed by atoms with E-state index in [2.05, 4.69) is 42.7 Å². The second-order valence-corrected chi connectivity index (χ2v) is 7.18. The lowest BCUT2D eigenvalue weighted by Crippen LogP contribution is -2.05. The van der Waals surface area contributed by atoms with E-state index in [9.17, 15) is 13.2 Å². The summed E-state index contributed by atoms with van der Waals surface area (Å²) in [6.45, 7) is 4.00. The molecule has 0 aliphatic rings. The van der Waals surface area contributed by atoms with Crippen molar-refractivity contribution in [2.24, 2.45) is 5.10 Å². The number of aromatic nitrogens is 2. The fraction of sp³-hybridized carbons (Fsp3) is 0.158. The normalized spacial score (nSPS) is 11.9. The minimum atomic E-state index is -4.40. The minimum absolute atomic E-state index is 0.241. The van der Waals surface area contributed by atoms with Gasteiger partial charge in [0.25, 0.3) is 0 Å². The fourth-order valence-electron chi connectivity index (χ4n) is 2.70. The van der Waals surface area contributed by atoms with Gasteiger partial charge in [0, 0.05) is 32.4 Å². The number of nitrogens with zero attached hydrogens (tertiary/aromatic N) is 3. The SMILES string of the molecule is Cc1cc(/C=N\Nc2ccc(C(F)(F)F)cn2)c(C)n1-c1ccc(I)cc1. The Bertz CT molecular complexity index is 958. The van der Waals surface area contributed by atoms with Crippen LogP contribution >= 0.6 is 22.6 Å². The van der Waals surface area contributed by atoms with Gasteiger partial charge >= 0.3 is 6.18 Å². The molecule has 2 heterocycles. The van der Waals surface area contributed by atoms with E-state index in [1.807, 2.05) is 44.2 Å². The smallest absolute Gasteiger partial charge is 0.318 e. The van der Waals surface area contributed by atoms with Crippen LogP contribution in [0.3, 0.4) is 0 Å². The first kappa shape index (κ1) is 19.4.